The summed E-state index contributed by atoms with van der Waals surface area (Å²) in [5.41, 5.74) is 2.26. The molecule has 1 saturated heterocycles. The number of carbonyl (C=O) groups is 3. The molecule has 0 radical (unpaired) electrons. The number of carboxylic acid groups (broad SMARTS) is 2. The number of nitrogens with zero attached hydrogens (tertiary/aromatic N) is 1. The van der Waals surface area contributed by atoms with E-state index in [0.717, 1.165) is 25.1 Å². The molecular weight excluding hydrogens is 310 g/mol. The van der Waals surface area contributed by atoms with E-state index in [1.54, 1.807) is 0 Å². The van der Waals surface area contributed by atoms with Gasteiger partial charge < -0.3 is 15.1 Å². The van der Waals surface area contributed by atoms with E-state index < -0.39 is 11.9 Å². The molecule has 128 valence electrons. The lowest BCUT2D eigenvalue weighted by molar-refractivity contribution is -0.134. The van der Waals surface area contributed by atoms with Gasteiger partial charge in [0.1, 0.15) is 0 Å². The van der Waals surface area contributed by atoms with Gasteiger partial charge in [-0.2, -0.15) is 0 Å². The Morgan fingerprint density at radius 2 is 1.79 bits per heavy atom. The van der Waals surface area contributed by atoms with Crippen molar-refractivity contribution in [1.82, 2.24) is 4.90 Å². The molecule has 0 bridgehead atoms. The molecule has 0 aromatic heterocycles. The molecule has 1 fully saturated rings. The van der Waals surface area contributed by atoms with Crippen LogP contribution in [0.15, 0.2) is 36.4 Å². The van der Waals surface area contributed by atoms with Crippen molar-refractivity contribution in [2.24, 2.45) is 5.92 Å². The fourth-order valence-corrected chi connectivity index (χ4v) is 3.33. The lowest BCUT2D eigenvalue weighted by Crippen LogP contribution is -2.40. The van der Waals surface area contributed by atoms with Crippen molar-refractivity contribution in [2.75, 3.05) is 20.1 Å². The maximum Gasteiger partial charge on any atom is 0.328 e. The summed E-state index contributed by atoms with van der Waals surface area (Å²) in [5, 5.41) is 15.6. The third kappa shape index (κ3) is 4.52. The van der Waals surface area contributed by atoms with Crippen molar-refractivity contribution in [3.63, 3.8) is 0 Å². The Morgan fingerprint density at radius 1 is 1.17 bits per heavy atom. The maximum atomic E-state index is 12.0. The fraction of sp³-hybridized carbons (Fsp3) is 0.389. The van der Waals surface area contributed by atoms with Gasteiger partial charge in [-0.15, -0.1) is 0 Å². The van der Waals surface area contributed by atoms with Crippen LogP contribution in [0.4, 0.5) is 0 Å². The van der Waals surface area contributed by atoms with Crippen molar-refractivity contribution < 1.29 is 24.6 Å². The fourth-order valence-electron chi connectivity index (χ4n) is 3.33. The van der Waals surface area contributed by atoms with Crippen LogP contribution in [0.3, 0.4) is 0 Å². The highest BCUT2D eigenvalue weighted by Gasteiger charge is 2.36. The van der Waals surface area contributed by atoms with E-state index in [4.69, 9.17) is 10.2 Å². The van der Waals surface area contributed by atoms with Gasteiger partial charge in [0.05, 0.1) is 0 Å². The first-order chi connectivity index (χ1) is 11.4. The van der Waals surface area contributed by atoms with Crippen LogP contribution in [-0.2, 0) is 9.59 Å². The van der Waals surface area contributed by atoms with E-state index in [9.17, 15) is 14.4 Å². The molecule has 2 aliphatic rings. The first-order valence-electron chi connectivity index (χ1n) is 7.83. The third-order valence-corrected chi connectivity index (χ3v) is 4.44. The van der Waals surface area contributed by atoms with Crippen LogP contribution in [0.5, 0.6) is 0 Å². The first kappa shape index (κ1) is 17.9. The highest BCUT2D eigenvalue weighted by atomic mass is 16.4. The van der Waals surface area contributed by atoms with Gasteiger partial charge in [0.15, 0.2) is 5.78 Å². The lowest BCUT2D eigenvalue weighted by atomic mass is 9.71. The van der Waals surface area contributed by atoms with Crippen LogP contribution in [0, 0.1) is 5.92 Å². The number of carbonyl (C=O) groups excluding carboxylic acids is 1. The van der Waals surface area contributed by atoms with Gasteiger partial charge in [0, 0.05) is 36.6 Å². The van der Waals surface area contributed by atoms with Gasteiger partial charge >= 0.3 is 11.9 Å². The molecule has 2 N–H and O–H groups in total. The quantitative estimate of drug-likeness (QED) is 0.805. The van der Waals surface area contributed by atoms with Crippen molar-refractivity contribution >= 4 is 17.7 Å². The molecule has 1 aromatic carbocycles. The highest BCUT2D eigenvalue weighted by Crippen LogP contribution is 2.40. The van der Waals surface area contributed by atoms with E-state index in [0.29, 0.717) is 29.8 Å². The third-order valence-electron chi connectivity index (χ3n) is 4.44. The maximum absolute atomic E-state index is 12.0. The van der Waals surface area contributed by atoms with Crippen LogP contribution in [0.2, 0.25) is 0 Å². The number of piperidine rings is 1. The monoisotopic (exact) mass is 331 g/mol. The second-order valence-corrected chi connectivity index (χ2v) is 6.14. The minimum absolute atomic E-state index is 0.349. The molecule has 1 heterocycles. The number of Topliss-reactive ketones (excluding diaryl/α,β-unsaturated/α-hetero) is 1. The highest BCUT2D eigenvalue weighted by molar-refractivity contribution is 5.99. The summed E-state index contributed by atoms with van der Waals surface area (Å²) in [6, 6.07) is 8.17. The molecule has 6 nitrogen and oxygen atoms in total. The van der Waals surface area contributed by atoms with E-state index in [-0.39, 0.29) is 0 Å². The largest absolute Gasteiger partial charge is 0.478 e. The average Bonchev–Trinajstić information content (AvgIpc) is 2.55. The molecule has 0 spiro atoms. The summed E-state index contributed by atoms with van der Waals surface area (Å²) >= 11 is 0. The van der Waals surface area contributed by atoms with Gasteiger partial charge in [0.2, 0.25) is 0 Å². The van der Waals surface area contributed by atoms with E-state index >= 15 is 0 Å². The molecule has 0 amide bonds. The minimum atomic E-state index is -1.26. The summed E-state index contributed by atoms with van der Waals surface area (Å²) in [5.74, 6) is -1.01. The standard InChI is InChI=1S/C14H17NO.C4H4O4/c1-15-7-6-10-8-14(16)12-5-3-2-4-11(12)13(10)9-15;5-3(6)1-2-4(7)8/h2-5,10,13H,6-9H2,1H3;1-2H,(H,5,6)(H,7,8)/b;2-1+/t10-,13-;/m0./s1. The van der Waals surface area contributed by atoms with Crippen LogP contribution in [-0.4, -0.2) is 53.0 Å². The number of benzene rings is 1. The zero-order chi connectivity index (χ0) is 17.7. The van der Waals surface area contributed by atoms with E-state index in [1.165, 1.54) is 12.0 Å². The average molecular weight is 331 g/mol. The molecule has 1 aromatic rings. The van der Waals surface area contributed by atoms with Gasteiger partial charge in [-0.05, 0) is 31.5 Å². The zero-order valence-corrected chi connectivity index (χ0v) is 13.5. The number of rotatable bonds is 2. The number of likely N-dealkylation sites (tertiary alicyclic amines) is 1. The SMILES string of the molecule is CN1CC[C@H]2CC(=O)c3ccccc3[C@H]2C1.O=C(O)/C=C/C(=O)O. The molecule has 1 aliphatic carbocycles. The molecule has 1 aliphatic heterocycles. The number of carboxylic acids is 2. The normalized spacial score (nSPS) is 23.0. The van der Waals surface area contributed by atoms with Crippen molar-refractivity contribution in [3.05, 3.63) is 47.5 Å². The predicted molar refractivity (Wildman–Crippen MR) is 88.1 cm³/mol. The van der Waals surface area contributed by atoms with E-state index in [2.05, 4.69) is 24.1 Å². The van der Waals surface area contributed by atoms with Crippen molar-refractivity contribution in [1.29, 1.82) is 0 Å². The van der Waals surface area contributed by atoms with Crippen LogP contribution >= 0.6 is 0 Å². The lowest BCUT2D eigenvalue weighted by Gasteiger charge is -2.40. The molecule has 24 heavy (non-hydrogen) atoms. The second kappa shape index (κ2) is 7.88. The van der Waals surface area contributed by atoms with Gasteiger partial charge in [0.25, 0.3) is 0 Å². The number of aliphatic carboxylic acids is 2. The minimum Gasteiger partial charge on any atom is -0.478 e. The van der Waals surface area contributed by atoms with Gasteiger partial charge in [-0.3, -0.25) is 4.79 Å². The van der Waals surface area contributed by atoms with Gasteiger partial charge in [-0.25, -0.2) is 9.59 Å². The van der Waals surface area contributed by atoms with Crippen LogP contribution < -0.4 is 0 Å². The Balaban J connectivity index is 0.000000224. The summed E-state index contributed by atoms with van der Waals surface area (Å²) in [4.78, 5) is 33.5. The summed E-state index contributed by atoms with van der Waals surface area (Å²) in [7, 11) is 2.18. The Morgan fingerprint density at radius 3 is 2.42 bits per heavy atom. The topological polar surface area (TPSA) is 94.9 Å². The molecular formula is C18H21NO5. The number of likely N-dealkylation sites (N-methyl/N-ethyl adjacent to an activating group) is 1. The zero-order valence-electron chi connectivity index (χ0n) is 13.5. The predicted octanol–water partition coefficient (Wildman–Crippen LogP) is 2.02. The van der Waals surface area contributed by atoms with Crippen LogP contribution in [0.25, 0.3) is 0 Å². The molecule has 3 rings (SSSR count). The number of hydrogen-bond donors (Lipinski definition) is 2. The number of hydrogen-bond acceptors (Lipinski definition) is 4. The number of fused-ring (bicyclic) bond motifs is 3. The van der Waals surface area contributed by atoms with Gasteiger partial charge in [-0.1, -0.05) is 24.3 Å². The van der Waals surface area contributed by atoms with Crippen molar-refractivity contribution in [2.45, 2.75) is 18.8 Å². The first-order valence-corrected chi connectivity index (χ1v) is 7.83. The Kier molecular flexibility index (Phi) is 5.87. The number of ketones is 1. The van der Waals surface area contributed by atoms with E-state index in [1.807, 2.05) is 12.1 Å². The van der Waals surface area contributed by atoms with Crippen molar-refractivity contribution in [3.8, 4) is 0 Å². The summed E-state index contributed by atoms with van der Waals surface area (Å²) < 4.78 is 0. The molecule has 0 unspecified atom stereocenters. The summed E-state index contributed by atoms with van der Waals surface area (Å²) in [6.07, 6.45) is 3.04. The second-order valence-electron chi connectivity index (χ2n) is 6.14. The molecule has 0 saturated carbocycles. The summed E-state index contributed by atoms with van der Waals surface area (Å²) in [6.45, 7) is 2.24. The molecule has 6 heteroatoms. The Bertz CT molecular complexity index is 651. The smallest absolute Gasteiger partial charge is 0.328 e. The van der Waals surface area contributed by atoms with Crippen LogP contribution in [0.1, 0.15) is 34.7 Å². The molecule has 2 atom stereocenters. The Hall–Kier alpha value is -2.47. The Labute approximate surface area is 140 Å².